The minimum atomic E-state index is -0.809. The first kappa shape index (κ1) is 26.1. The SMILES string of the molecule is CCOC(=O)C1=C(c2ccccc2)NC(SCC(=O)Nc2cccc(Cl)c2C)=C(C#N)C1c1ccco1. The minimum Gasteiger partial charge on any atom is -0.468 e. The van der Waals surface area contributed by atoms with Crippen molar-refractivity contribution in [3.05, 3.63) is 105 Å². The highest BCUT2D eigenvalue weighted by atomic mass is 35.5. The number of nitrogens with one attached hydrogen (secondary N) is 2. The summed E-state index contributed by atoms with van der Waals surface area (Å²) in [6.07, 6.45) is 1.49. The predicted molar refractivity (Wildman–Crippen MR) is 144 cm³/mol. The molecule has 0 saturated carbocycles. The Labute approximate surface area is 224 Å². The first-order valence-electron chi connectivity index (χ1n) is 11.5. The van der Waals surface area contributed by atoms with E-state index in [0.29, 0.717) is 27.2 Å². The van der Waals surface area contributed by atoms with Crippen LogP contribution < -0.4 is 10.6 Å². The number of nitrogens with zero attached hydrogens (tertiary/aromatic N) is 1. The number of amides is 1. The number of hydrogen-bond acceptors (Lipinski definition) is 7. The van der Waals surface area contributed by atoms with Gasteiger partial charge in [0.15, 0.2) is 0 Å². The number of carbonyl (C=O) groups excluding carboxylic acids is 2. The predicted octanol–water partition coefficient (Wildman–Crippen LogP) is 6.01. The van der Waals surface area contributed by atoms with Gasteiger partial charge in [-0.15, -0.1) is 0 Å². The summed E-state index contributed by atoms with van der Waals surface area (Å²) in [5.74, 6) is -1.19. The van der Waals surface area contributed by atoms with E-state index in [0.717, 1.165) is 11.1 Å². The number of furan rings is 1. The number of carbonyl (C=O) groups is 2. The molecule has 0 spiro atoms. The van der Waals surface area contributed by atoms with Crippen molar-refractivity contribution in [2.24, 2.45) is 0 Å². The molecule has 3 aromatic rings. The van der Waals surface area contributed by atoms with Crippen molar-refractivity contribution in [2.75, 3.05) is 17.7 Å². The molecule has 0 saturated heterocycles. The first-order chi connectivity index (χ1) is 17.9. The summed E-state index contributed by atoms with van der Waals surface area (Å²) >= 11 is 7.34. The number of esters is 1. The molecular formula is C28H24ClN3O4S. The molecule has 37 heavy (non-hydrogen) atoms. The molecule has 1 aliphatic rings. The molecule has 0 aliphatic carbocycles. The zero-order chi connectivity index (χ0) is 26.4. The Bertz CT molecular complexity index is 1410. The van der Waals surface area contributed by atoms with Gasteiger partial charge in [0.05, 0.1) is 52.5 Å². The van der Waals surface area contributed by atoms with Gasteiger partial charge >= 0.3 is 5.97 Å². The summed E-state index contributed by atoms with van der Waals surface area (Å²) in [6, 6.07) is 20.2. The van der Waals surface area contributed by atoms with Crippen LogP contribution in [0, 0.1) is 18.3 Å². The van der Waals surface area contributed by atoms with Crippen molar-refractivity contribution in [3.8, 4) is 6.07 Å². The fraction of sp³-hybridized carbons (Fsp3) is 0.179. The standard InChI is InChI=1S/C28H24ClN3O4S/c1-3-35-28(34)25-24(22-13-8-14-36-22)19(15-30)27(32-26(25)18-9-5-4-6-10-18)37-16-23(33)31-21-12-7-11-20(29)17(21)2/h4-14,24,32H,3,16H2,1-2H3,(H,31,33). The number of ether oxygens (including phenoxy) is 1. The van der Waals surface area contributed by atoms with Crippen LogP contribution in [0.4, 0.5) is 5.69 Å². The second-order valence-electron chi connectivity index (χ2n) is 8.05. The van der Waals surface area contributed by atoms with E-state index in [-0.39, 0.29) is 29.4 Å². The highest BCUT2D eigenvalue weighted by Crippen LogP contribution is 2.43. The molecule has 1 unspecified atom stereocenters. The van der Waals surface area contributed by atoms with Gasteiger partial charge in [-0.3, -0.25) is 4.79 Å². The third-order valence-corrected chi connectivity index (χ3v) is 7.15. The highest BCUT2D eigenvalue weighted by molar-refractivity contribution is 8.03. The molecule has 7 nitrogen and oxygen atoms in total. The van der Waals surface area contributed by atoms with Gasteiger partial charge in [0, 0.05) is 10.7 Å². The Morgan fingerprint density at radius 1 is 1.16 bits per heavy atom. The van der Waals surface area contributed by atoms with E-state index in [4.69, 9.17) is 20.8 Å². The lowest BCUT2D eigenvalue weighted by Crippen LogP contribution is -2.29. The van der Waals surface area contributed by atoms with Crippen LogP contribution in [0.2, 0.25) is 5.02 Å². The molecule has 4 rings (SSSR count). The van der Waals surface area contributed by atoms with Crippen molar-refractivity contribution in [3.63, 3.8) is 0 Å². The number of benzene rings is 2. The van der Waals surface area contributed by atoms with Crippen molar-refractivity contribution < 1.29 is 18.7 Å². The Morgan fingerprint density at radius 2 is 1.95 bits per heavy atom. The van der Waals surface area contributed by atoms with Gasteiger partial charge in [0.25, 0.3) is 0 Å². The molecule has 0 radical (unpaired) electrons. The van der Waals surface area contributed by atoms with E-state index < -0.39 is 11.9 Å². The Morgan fingerprint density at radius 3 is 2.62 bits per heavy atom. The van der Waals surface area contributed by atoms with E-state index in [2.05, 4.69) is 16.7 Å². The molecule has 0 bridgehead atoms. The maximum absolute atomic E-state index is 13.2. The van der Waals surface area contributed by atoms with Gasteiger partial charge in [-0.2, -0.15) is 5.26 Å². The van der Waals surface area contributed by atoms with Crippen LogP contribution in [0.1, 0.15) is 29.7 Å². The maximum Gasteiger partial charge on any atom is 0.337 e. The molecule has 2 N–H and O–H groups in total. The van der Waals surface area contributed by atoms with Gasteiger partial charge in [0.2, 0.25) is 5.91 Å². The molecule has 2 aromatic carbocycles. The van der Waals surface area contributed by atoms with Crippen LogP contribution in [0.15, 0.2) is 87.5 Å². The lowest BCUT2D eigenvalue weighted by molar-refractivity contribution is -0.138. The van der Waals surface area contributed by atoms with Gasteiger partial charge in [-0.1, -0.05) is 59.8 Å². The van der Waals surface area contributed by atoms with Crippen molar-refractivity contribution in [1.82, 2.24) is 5.32 Å². The summed E-state index contributed by atoms with van der Waals surface area (Å²) in [5, 5.41) is 17.3. The summed E-state index contributed by atoms with van der Waals surface area (Å²) < 4.78 is 11.1. The molecule has 9 heteroatoms. The smallest absolute Gasteiger partial charge is 0.337 e. The number of nitriles is 1. The number of halogens is 1. The fourth-order valence-corrected chi connectivity index (χ4v) is 4.98. The van der Waals surface area contributed by atoms with Crippen molar-refractivity contribution in [2.45, 2.75) is 19.8 Å². The summed E-state index contributed by atoms with van der Waals surface area (Å²) in [6.45, 7) is 3.72. The number of hydrogen-bond donors (Lipinski definition) is 2. The molecule has 188 valence electrons. The second kappa shape index (κ2) is 11.9. The molecule has 1 amide bonds. The Balaban J connectivity index is 1.71. The van der Waals surface area contributed by atoms with E-state index >= 15 is 0 Å². The number of dihydropyridines is 1. The zero-order valence-corrected chi connectivity index (χ0v) is 21.8. The van der Waals surface area contributed by atoms with E-state index in [1.807, 2.05) is 37.3 Å². The molecule has 1 aliphatic heterocycles. The average molecular weight is 534 g/mol. The van der Waals surface area contributed by atoms with Crippen LogP contribution in [0.5, 0.6) is 0 Å². The summed E-state index contributed by atoms with van der Waals surface area (Å²) in [4.78, 5) is 26.0. The summed E-state index contributed by atoms with van der Waals surface area (Å²) in [7, 11) is 0. The highest BCUT2D eigenvalue weighted by Gasteiger charge is 2.38. The fourth-order valence-electron chi connectivity index (χ4n) is 3.97. The lowest BCUT2D eigenvalue weighted by Gasteiger charge is -2.29. The minimum absolute atomic E-state index is 0.0150. The second-order valence-corrected chi connectivity index (χ2v) is 9.45. The summed E-state index contributed by atoms with van der Waals surface area (Å²) in [5.41, 5.74) is 3.13. The normalized spacial score (nSPS) is 15.1. The third kappa shape index (κ3) is 5.74. The Hall–Kier alpha value is -3.93. The van der Waals surface area contributed by atoms with Gasteiger partial charge < -0.3 is 19.8 Å². The molecule has 1 atom stereocenters. The first-order valence-corrected chi connectivity index (χ1v) is 12.9. The van der Waals surface area contributed by atoms with Gasteiger partial charge in [-0.05, 0) is 49.2 Å². The lowest BCUT2D eigenvalue weighted by atomic mass is 9.84. The largest absolute Gasteiger partial charge is 0.468 e. The Kier molecular flexibility index (Phi) is 8.39. The topological polar surface area (TPSA) is 104 Å². The number of rotatable bonds is 8. The zero-order valence-electron chi connectivity index (χ0n) is 20.2. The van der Waals surface area contributed by atoms with Gasteiger partial charge in [0.1, 0.15) is 5.76 Å². The average Bonchev–Trinajstić information content (AvgIpc) is 3.44. The number of thioether (sulfide) groups is 1. The number of anilines is 1. The van der Waals surface area contributed by atoms with Crippen molar-refractivity contribution >= 4 is 46.6 Å². The van der Waals surface area contributed by atoms with Crippen LogP contribution in [-0.2, 0) is 14.3 Å². The number of allylic oxidation sites excluding steroid dienone is 1. The van der Waals surface area contributed by atoms with Gasteiger partial charge in [-0.25, -0.2) is 4.79 Å². The quantitative estimate of drug-likeness (QED) is 0.342. The van der Waals surface area contributed by atoms with E-state index in [1.165, 1.54) is 18.0 Å². The van der Waals surface area contributed by atoms with Crippen LogP contribution in [0.25, 0.3) is 5.70 Å². The van der Waals surface area contributed by atoms with Crippen LogP contribution in [-0.4, -0.2) is 24.2 Å². The monoisotopic (exact) mass is 533 g/mol. The van der Waals surface area contributed by atoms with Crippen LogP contribution >= 0.6 is 23.4 Å². The van der Waals surface area contributed by atoms with Crippen LogP contribution in [0.3, 0.4) is 0 Å². The molecule has 0 fully saturated rings. The molecule has 1 aromatic heterocycles. The third-order valence-electron chi connectivity index (χ3n) is 5.73. The van der Waals surface area contributed by atoms with Crippen molar-refractivity contribution in [1.29, 1.82) is 5.26 Å². The molecular weight excluding hydrogens is 510 g/mol. The molecule has 2 heterocycles. The van der Waals surface area contributed by atoms with E-state index in [9.17, 15) is 14.9 Å². The van der Waals surface area contributed by atoms with E-state index in [1.54, 1.807) is 37.3 Å². The maximum atomic E-state index is 13.2.